The van der Waals surface area contributed by atoms with Crippen LogP contribution in [0.1, 0.15) is 19.3 Å². The van der Waals surface area contributed by atoms with E-state index in [1.807, 2.05) is 0 Å². The van der Waals surface area contributed by atoms with Crippen molar-refractivity contribution in [3.05, 3.63) is 12.2 Å². The second-order valence-corrected chi connectivity index (χ2v) is 3.88. The molecule has 62 valence electrons. The van der Waals surface area contributed by atoms with Crippen molar-refractivity contribution in [3.8, 4) is 0 Å². The molecule has 0 spiro atoms. The Morgan fingerprint density at radius 1 is 1.27 bits per heavy atom. The molecule has 0 bridgehead atoms. The average molecular weight is 152 g/mol. The molecular weight excluding hydrogens is 136 g/mol. The van der Waals surface area contributed by atoms with Crippen molar-refractivity contribution in [3.63, 3.8) is 0 Å². The van der Waals surface area contributed by atoms with E-state index in [9.17, 15) is 0 Å². The highest BCUT2D eigenvalue weighted by atomic mass is 15.2. The van der Waals surface area contributed by atoms with E-state index in [4.69, 9.17) is 5.73 Å². The van der Waals surface area contributed by atoms with E-state index < -0.39 is 0 Å². The Hall–Kier alpha value is -0.340. The summed E-state index contributed by atoms with van der Waals surface area (Å²) in [5.74, 6) is 0. The SMILES string of the molecule is NC1(CN2CC=CC2)CCC1. The molecule has 1 fully saturated rings. The topological polar surface area (TPSA) is 29.3 Å². The molecule has 0 unspecified atom stereocenters. The van der Waals surface area contributed by atoms with Crippen molar-refractivity contribution < 1.29 is 0 Å². The van der Waals surface area contributed by atoms with Gasteiger partial charge in [0.2, 0.25) is 0 Å². The molecule has 1 aliphatic carbocycles. The number of hydrogen-bond acceptors (Lipinski definition) is 2. The van der Waals surface area contributed by atoms with E-state index in [2.05, 4.69) is 17.1 Å². The highest BCUT2D eigenvalue weighted by Gasteiger charge is 2.34. The summed E-state index contributed by atoms with van der Waals surface area (Å²) in [6.45, 7) is 3.32. The summed E-state index contributed by atoms with van der Waals surface area (Å²) in [5.41, 5.74) is 6.29. The van der Waals surface area contributed by atoms with Gasteiger partial charge in [0, 0.05) is 25.2 Å². The predicted octanol–water partition coefficient (Wildman–Crippen LogP) is 0.740. The van der Waals surface area contributed by atoms with Crippen molar-refractivity contribution in [2.75, 3.05) is 19.6 Å². The van der Waals surface area contributed by atoms with Crippen LogP contribution in [0.25, 0.3) is 0 Å². The Kier molecular flexibility index (Phi) is 1.74. The Labute approximate surface area is 68.1 Å². The number of hydrogen-bond donors (Lipinski definition) is 1. The molecule has 0 aromatic rings. The summed E-state index contributed by atoms with van der Waals surface area (Å²) < 4.78 is 0. The van der Waals surface area contributed by atoms with Crippen LogP contribution in [0.5, 0.6) is 0 Å². The first-order valence-electron chi connectivity index (χ1n) is 4.45. The molecule has 0 saturated heterocycles. The van der Waals surface area contributed by atoms with Gasteiger partial charge in [-0.1, -0.05) is 12.2 Å². The minimum absolute atomic E-state index is 0.173. The van der Waals surface area contributed by atoms with Crippen LogP contribution in [0.15, 0.2) is 12.2 Å². The van der Waals surface area contributed by atoms with Crippen LogP contribution >= 0.6 is 0 Å². The molecule has 2 aliphatic rings. The number of nitrogens with two attached hydrogens (primary N) is 1. The van der Waals surface area contributed by atoms with E-state index in [1.165, 1.54) is 19.3 Å². The maximum absolute atomic E-state index is 6.11. The van der Waals surface area contributed by atoms with Crippen molar-refractivity contribution in [2.24, 2.45) is 5.73 Å². The Morgan fingerprint density at radius 3 is 2.36 bits per heavy atom. The lowest BCUT2D eigenvalue weighted by molar-refractivity contribution is 0.169. The molecular formula is C9H16N2. The van der Waals surface area contributed by atoms with E-state index >= 15 is 0 Å². The summed E-state index contributed by atoms with van der Waals surface area (Å²) in [4.78, 5) is 2.42. The molecule has 0 aromatic heterocycles. The summed E-state index contributed by atoms with van der Waals surface area (Å²) in [6, 6.07) is 0. The standard InChI is InChI=1S/C9H16N2/c10-9(4-3-5-9)8-11-6-1-2-7-11/h1-2H,3-8,10H2. The maximum Gasteiger partial charge on any atom is 0.0283 e. The van der Waals surface area contributed by atoms with Gasteiger partial charge in [-0.2, -0.15) is 0 Å². The zero-order valence-electron chi connectivity index (χ0n) is 6.92. The van der Waals surface area contributed by atoms with Gasteiger partial charge >= 0.3 is 0 Å². The lowest BCUT2D eigenvalue weighted by atomic mass is 9.77. The molecule has 2 nitrogen and oxygen atoms in total. The smallest absolute Gasteiger partial charge is 0.0283 e. The molecule has 0 amide bonds. The monoisotopic (exact) mass is 152 g/mol. The van der Waals surface area contributed by atoms with Gasteiger partial charge in [0.15, 0.2) is 0 Å². The lowest BCUT2D eigenvalue weighted by Crippen LogP contribution is -2.54. The van der Waals surface area contributed by atoms with Gasteiger partial charge in [-0.05, 0) is 19.3 Å². The van der Waals surface area contributed by atoms with E-state index in [0.717, 1.165) is 19.6 Å². The zero-order valence-corrected chi connectivity index (χ0v) is 6.92. The molecule has 1 aliphatic heterocycles. The minimum atomic E-state index is 0.173. The minimum Gasteiger partial charge on any atom is -0.324 e. The molecule has 2 rings (SSSR count). The summed E-state index contributed by atoms with van der Waals surface area (Å²) in [5, 5.41) is 0. The van der Waals surface area contributed by atoms with Gasteiger partial charge in [-0.15, -0.1) is 0 Å². The summed E-state index contributed by atoms with van der Waals surface area (Å²) in [6.07, 6.45) is 8.23. The second-order valence-electron chi connectivity index (χ2n) is 3.88. The van der Waals surface area contributed by atoms with Crippen LogP contribution in [0.3, 0.4) is 0 Å². The van der Waals surface area contributed by atoms with Crippen molar-refractivity contribution in [1.82, 2.24) is 4.90 Å². The van der Waals surface area contributed by atoms with Crippen molar-refractivity contribution in [2.45, 2.75) is 24.8 Å². The van der Waals surface area contributed by atoms with Gasteiger partial charge in [-0.25, -0.2) is 0 Å². The Morgan fingerprint density at radius 2 is 1.91 bits per heavy atom. The molecule has 0 radical (unpaired) electrons. The van der Waals surface area contributed by atoms with E-state index in [0.29, 0.717) is 0 Å². The van der Waals surface area contributed by atoms with E-state index in [1.54, 1.807) is 0 Å². The Bertz CT molecular complexity index is 162. The van der Waals surface area contributed by atoms with Crippen molar-refractivity contribution in [1.29, 1.82) is 0 Å². The first kappa shape index (κ1) is 7.32. The highest BCUT2D eigenvalue weighted by Crippen LogP contribution is 2.30. The molecule has 11 heavy (non-hydrogen) atoms. The molecule has 1 heterocycles. The molecule has 0 atom stereocenters. The first-order chi connectivity index (χ1) is 5.29. The number of rotatable bonds is 2. The largest absolute Gasteiger partial charge is 0.324 e. The normalized spacial score (nSPS) is 28.8. The number of nitrogens with zero attached hydrogens (tertiary/aromatic N) is 1. The molecule has 2 N–H and O–H groups in total. The molecule has 2 heteroatoms. The molecule has 1 saturated carbocycles. The van der Waals surface area contributed by atoms with Gasteiger partial charge in [0.05, 0.1) is 0 Å². The summed E-state index contributed by atoms with van der Waals surface area (Å²) >= 11 is 0. The quantitative estimate of drug-likeness (QED) is 0.591. The van der Waals surface area contributed by atoms with Gasteiger partial charge in [0.25, 0.3) is 0 Å². The van der Waals surface area contributed by atoms with Crippen LogP contribution in [-0.2, 0) is 0 Å². The third-order valence-electron chi connectivity index (χ3n) is 2.78. The fourth-order valence-corrected chi connectivity index (χ4v) is 1.89. The van der Waals surface area contributed by atoms with E-state index in [-0.39, 0.29) is 5.54 Å². The van der Waals surface area contributed by atoms with Crippen LogP contribution in [0.4, 0.5) is 0 Å². The highest BCUT2D eigenvalue weighted by molar-refractivity contribution is 5.01. The first-order valence-corrected chi connectivity index (χ1v) is 4.45. The summed E-state index contributed by atoms with van der Waals surface area (Å²) in [7, 11) is 0. The second kappa shape index (κ2) is 2.61. The average Bonchev–Trinajstić information content (AvgIpc) is 2.36. The maximum atomic E-state index is 6.11. The van der Waals surface area contributed by atoms with Crippen LogP contribution in [0, 0.1) is 0 Å². The Balaban J connectivity index is 1.80. The predicted molar refractivity (Wildman–Crippen MR) is 46.3 cm³/mol. The van der Waals surface area contributed by atoms with Crippen LogP contribution in [-0.4, -0.2) is 30.1 Å². The third-order valence-corrected chi connectivity index (χ3v) is 2.78. The molecule has 0 aromatic carbocycles. The van der Waals surface area contributed by atoms with Crippen LogP contribution < -0.4 is 5.73 Å². The van der Waals surface area contributed by atoms with Gasteiger partial charge in [0.1, 0.15) is 0 Å². The fraction of sp³-hybridized carbons (Fsp3) is 0.778. The van der Waals surface area contributed by atoms with Crippen LogP contribution in [0.2, 0.25) is 0 Å². The van der Waals surface area contributed by atoms with Gasteiger partial charge in [-0.3, -0.25) is 4.90 Å². The zero-order chi connectivity index (χ0) is 7.73. The fourth-order valence-electron chi connectivity index (χ4n) is 1.89. The van der Waals surface area contributed by atoms with Crippen molar-refractivity contribution >= 4 is 0 Å². The van der Waals surface area contributed by atoms with Gasteiger partial charge < -0.3 is 5.73 Å². The lowest BCUT2D eigenvalue weighted by Gasteiger charge is -2.40. The third kappa shape index (κ3) is 1.47.